The zero-order valence-corrected chi connectivity index (χ0v) is 12.8. The van der Waals surface area contributed by atoms with Crippen LogP contribution in [0, 0.1) is 0 Å². The first-order valence-corrected chi connectivity index (χ1v) is 7.96. The molecule has 2 aromatic carbocycles. The molecule has 0 unspecified atom stereocenters. The van der Waals surface area contributed by atoms with E-state index in [1.165, 1.54) is 6.42 Å². The van der Waals surface area contributed by atoms with Crippen LogP contribution in [0.3, 0.4) is 0 Å². The molecule has 1 aliphatic rings. The molecule has 0 spiro atoms. The van der Waals surface area contributed by atoms with Gasteiger partial charge in [-0.25, -0.2) is 0 Å². The molecule has 3 heteroatoms. The van der Waals surface area contributed by atoms with Crippen molar-refractivity contribution in [1.29, 1.82) is 0 Å². The maximum absolute atomic E-state index is 10.0. The van der Waals surface area contributed by atoms with Crippen LogP contribution in [0.25, 0.3) is 0 Å². The van der Waals surface area contributed by atoms with E-state index < -0.39 is 0 Å². The number of hydrogen-bond acceptors (Lipinski definition) is 3. The van der Waals surface area contributed by atoms with Crippen LogP contribution in [0.1, 0.15) is 43.2 Å². The molecule has 0 saturated heterocycles. The summed E-state index contributed by atoms with van der Waals surface area (Å²) in [7, 11) is 0. The van der Waals surface area contributed by atoms with Gasteiger partial charge in [-0.15, -0.1) is 0 Å². The van der Waals surface area contributed by atoms with E-state index in [1.54, 1.807) is 6.07 Å². The lowest BCUT2D eigenvalue weighted by Gasteiger charge is -2.34. The summed E-state index contributed by atoms with van der Waals surface area (Å²) >= 11 is 0. The zero-order chi connectivity index (χ0) is 15.4. The summed E-state index contributed by atoms with van der Waals surface area (Å²) in [5.41, 5.74) is 8.43. The van der Waals surface area contributed by atoms with E-state index >= 15 is 0 Å². The third-order valence-electron chi connectivity index (χ3n) is 4.52. The fraction of sp³-hybridized carbons (Fsp3) is 0.368. The molecule has 2 aromatic rings. The molecule has 0 radical (unpaired) electrons. The Balaban J connectivity index is 1.78. The number of ether oxygens (including phenoxy) is 1. The van der Waals surface area contributed by atoms with Crippen LogP contribution in [0.4, 0.5) is 0 Å². The van der Waals surface area contributed by atoms with Gasteiger partial charge < -0.3 is 15.6 Å². The van der Waals surface area contributed by atoms with Crippen LogP contribution in [0.15, 0.2) is 48.5 Å². The molecule has 1 saturated carbocycles. The van der Waals surface area contributed by atoms with Gasteiger partial charge >= 0.3 is 0 Å². The normalized spacial score (nSPS) is 17.1. The third kappa shape index (κ3) is 3.25. The number of hydrogen-bond donors (Lipinski definition) is 2. The smallest absolute Gasteiger partial charge is 0.161 e. The molecule has 0 atom stereocenters. The molecule has 0 aromatic heterocycles. The summed E-state index contributed by atoms with van der Waals surface area (Å²) < 4.78 is 5.79. The lowest BCUT2D eigenvalue weighted by atomic mass is 9.77. The molecule has 3 rings (SSSR count). The Morgan fingerprint density at radius 2 is 1.73 bits per heavy atom. The Morgan fingerprint density at radius 3 is 2.45 bits per heavy atom. The average molecular weight is 297 g/mol. The van der Waals surface area contributed by atoms with Crippen LogP contribution < -0.4 is 10.5 Å². The third-order valence-corrected chi connectivity index (χ3v) is 4.52. The highest BCUT2D eigenvalue weighted by Crippen LogP contribution is 2.38. The number of nitrogens with two attached hydrogens (primary N) is 1. The molecule has 3 N–H and O–H groups in total. The molecule has 3 nitrogen and oxygen atoms in total. The van der Waals surface area contributed by atoms with Crippen molar-refractivity contribution >= 4 is 0 Å². The molecule has 1 aliphatic carbocycles. The van der Waals surface area contributed by atoms with E-state index in [9.17, 15) is 5.11 Å². The topological polar surface area (TPSA) is 55.5 Å². The van der Waals surface area contributed by atoms with Crippen LogP contribution in [0.2, 0.25) is 0 Å². The van der Waals surface area contributed by atoms with Crippen LogP contribution >= 0.6 is 0 Å². The largest absolute Gasteiger partial charge is 0.504 e. The fourth-order valence-electron chi connectivity index (χ4n) is 3.15. The standard InChI is InChI=1S/C19H23NO2/c20-19(11-5-2-6-12-19)16-9-10-17(21)18(13-16)22-14-15-7-3-1-4-8-15/h1,3-4,7-10,13,21H,2,5-6,11-12,14,20H2. The molecule has 116 valence electrons. The minimum Gasteiger partial charge on any atom is -0.504 e. The monoisotopic (exact) mass is 297 g/mol. The van der Waals surface area contributed by atoms with Gasteiger partial charge in [-0.3, -0.25) is 0 Å². The van der Waals surface area contributed by atoms with E-state index in [1.807, 2.05) is 42.5 Å². The van der Waals surface area contributed by atoms with Gasteiger partial charge in [0.25, 0.3) is 0 Å². The van der Waals surface area contributed by atoms with Gasteiger partial charge in [-0.2, -0.15) is 0 Å². The molecule has 0 bridgehead atoms. The first-order valence-electron chi connectivity index (χ1n) is 7.96. The van der Waals surface area contributed by atoms with Crippen molar-refractivity contribution in [2.24, 2.45) is 5.73 Å². The van der Waals surface area contributed by atoms with Crippen molar-refractivity contribution in [2.75, 3.05) is 0 Å². The fourth-order valence-corrected chi connectivity index (χ4v) is 3.15. The second-order valence-electron chi connectivity index (χ2n) is 6.17. The molecule has 22 heavy (non-hydrogen) atoms. The highest BCUT2D eigenvalue weighted by atomic mass is 16.5. The highest BCUT2D eigenvalue weighted by Gasteiger charge is 2.30. The minimum atomic E-state index is -0.281. The van der Waals surface area contributed by atoms with E-state index in [0.29, 0.717) is 12.4 Å². The lowest BCUT2D eigenvalue weighted by molar-refractivity contribution is 0.280. The number of phenols is 1. The zero-order valence-electron chi connectivity index (χ0n) is 12.8. The van der Waals surface area contributed by atoms with E-state index in [-0.39, 0.29) is 11.3 Å². The summed E-state index contributed by atoms with van der Waals surface area (Å²) in [6.45, 7) is 0.440. The Labute approximate surface area is 131 Å². The average Bonchev–Trinajstić information content (AvgIpc) is 2.55. The van der Waals surface area contributed by atoms with Crippen LogP contribution in [0.5, 0.6) is 11.5 Å². The second kappa shape index (κ2) is 6.41. The number of aromatic hydroxyl groups is 1. The van der Waals surface area contributed by atoms with Crippen molar-refractivity contribution in [1.82, 2.24) is 0 Å². The predicted molar refractivity (Wildman–Crippen MR) is 87.8 cm³/mol. The van der Waals surface area contributed by atoms with E-state index in [4.69, 9.17) is 10.5 Å². The predicted octanol–water partition coefficient (Wildman–Crippen LogP) is 4.09. The van der Waals surface area contributed by atoms with E-state index in [2.05, 4.69) is 0 Å². The highest BCUT2D eigenvalue weighted by molar-refractivity contribution is 5.44. The number of rotatable bonds is 4. The molecule has 1 fully saturated rings. The van der Waals surface area contributed by atoms with Gasteiger partial charge in [-0.05, 0) is 36.1 Å². The Hall–Kier alpha value is -2.00. The number of phenolic OH excluding ortho intramolecular Hbond substituents is 1. The van der Waals surface area contributed by atoms with Crippen molar-refractivity contribution in [3.8, 4) is 11.5 Å². The SMILES string of the molecule is NC1(c2ccc(O)c(OCc3ccccc3)c2)CCCCC1. The van der Waals surface area contributed by atoms with Crippen LogP contribution in [-0.2, 0) is 12.1 Å². The first-order chi connectivity index (χ1) is 10.7. The molecular weight excluding hydrogens is 274 g/mol. The van der Waals surface area contributed by atoms with Crippen molar-refractivity contribution < 1.29 is 9.84 Å². The van der Waals surface area contributed by atoms with Gasteiger partial charge in [0.1, 0.15) is 6.61 Å². The van der Waals surface area contributed by atoms with Gasteiger partial charge in [0.15, 0.2) is 11.5 Å². The lowest BCUT2D eigenvalue weighted by Crippen LogP contribution is -2.38. The van der Waals surface area contributed by atoms with Gasteiger partial charge in [0, 0.05) is 5.54 Å². The Bertz CT molecular complexity index is 619. The van der Waals surface area contributed by atoms with Crippen LogP contribution in [-0.4, -0.2) is 5.11 Å². The molecule has 0 heterocycles. The van der Waals surface area contributed by atoms with E-state index in [0.717, 1.165) is 36.8 Å². The summed E-state index contributed by atoms with van der Waals surface area (Å²) in [4.78, 5) is 0. The maximum atomic E-state index is 10.0. The van der Waals surface area contributed by atoms with Gasteiger partial charge in [0.05, 0.1) is 0 Å². The van der Waals surface area contributed by atoms with Gasteiger partial charge in [-0.1, -0.05) is 55.7 Å². The van der Waals surface area contributed by atoms with Crippen molar-refractivity contribution in [3.05, 3.63) is 59.7 Å². The molecule has 0 amide bonds. The second-order valence-corrected chi connectivity index (χ2v) is 6.17. The summed E-state index contributed by atoms with van der Waals surface area (Å²) in [5, 5.41) is 10.0. The quantitative estimate of drug-likeness (QED) is 0.893. The molecular formula is C19H23NO2. The number of benzene rings is 2. The van der Waals surface area contributed by atoms with Crippen molar-refractivity contribution in [2.45, 2.75) is 44.2 Å². The maximum Gasteiger partial charge on any atom is 0.161 e. The Morgan fingerprint density at radius 1 is 1.00 bits per heavy atom. The van der Waals surface area contributed by atoms with Crippen molar-refractivity contribution in [3.63, 3.8) is 0 Å². The molecule has 0 aliphatic heterocycles. The summed E-state index contributed by atoms with van der Waals surface area (Å²) in [6, 6.07) is 15.5. The Kier molecular flexibility index (Phi) is 4.34. The minimum absolute atomic E-state index is 0.166. The summed E-state index contributed by atoms with van der Waals surface area (Å²) in [6.07, 6.45) is 5.58. The summed E-state index contributed by atoms with van der Waals surface area (Å²) in [5.74, 6) is 0.677. The van der Waals surface area contributed by atoms with Gasteiger partial charge in [0.2, 0.25) is 0 Å². The first kappa shape index (κ1) is 14.9.